The van der Waals surface area contributed by atoms with E-state index in [0.29, 0.717) is 11.3 Å². The lowest BCUT2D eigenvalue weighted by molar-refractivity contribution is -0.0756. The second kappa shape index (κ2) is 5.49. The van der Waals surface area contributed by atoms with Gasteiger partial charge in [0.05, 0.1) is 7.11 Å². The predicted molar refractivity (Wildman–Crippen MR) is 71.6 cm³/mol. The third-order valence-corrected chi connectivity index (χ3v) is 2.75. The molecule has 2 rings (SSSR count). The Morgan fingerprint density at radius 1 is 1.21 bits per heavy atom. The Hall–Kier alpha value is -2.40. The Bertz CT molecular complexity index is 649. The largest absolute Gasteiger partial charge is 0.322 e. The summed E-state index contributed by atoms with van der Waals surface area (Å²) >= 11 is 0. The molecule has 1 amide bonds. The molecule has 0 spiro atoms. The Morgan fingerprint density at radius 2 is 1.95 bits per heavy atom. The highest BCUT2D eigenvalue weighted by Crippen LogP contribution is 2.17. The van der Waals surface area contributed by atoms with Crippen LogP contribution in [0.3, 0.4) is 0 Å². The zero-order valence-corrected chi connectivity index (χ0v) is 10.7. The average Bonchev–Trinajstić information content (AvgIpc) is 2.46. The summed E-state index contributed by atoms with van der Waals surface area (Å²) in [6.07, 6.45) is 0. The number of hydroxylamine groups is 2. The van der Waals surface area contributed by atoms with E-state index < -0.39 is 0 Å². The summed E-state index contributed by atoms with van der Waals surface area (Å²) in [4.78, 5) is 30.8. The molecule has 1 heterocycles. The minimum atomic E-state index is -0.248. The van der Waals surface area contributed by atoms with Gasteiger partial charge >= 0.3 is 0 Å². The summed E-state index contributed by atoms with van der Waals surface area (Å²) in [6.45, 7) is 0. The molecule has 0 aliphatic carbocycles. The van der Waals surface area contributed by atoms with Crippen LogP contribution in [0.4, 0.5) is 0 Å². The highest BCUT2D eigenvalue weighted by Gasteiger charge is 2.11. The van der Waals surface area contributed by atoms with Crippen LogP contribution in [0.2, 0.25) is 0 Å². The Morgan fingerprint density at radius 3 is 2.63 bits per heavy atom. The lowest BCUT2D eigenvalue weighted by atomic mass is 10.1. The van der Waals surface area contributed by atoms with E-state index in [2.05, 4.69) is 4.98 Å². The fourth-order valence-electron chi connectivity index (χ4n) is 1.70. The van der Waals surface area contributed by atoms with E-state index in [1.165, 1.54) is 13.2 Å². The summed E-state index contributed by atoms with van der Waals surface area (Å²) in [5, 5.41) is 1.15. The fraction of sp³-hybridized carbons (Fsp3) is 0.143. The summed E-state index contributed by atoms with van der Waals surface area (Å²) in [6, 6.07) is 11.9. The van der Waals surface area contributed by atoms with Crippen LogP contribution in [0.1, 0.15) is 10.4 Å². The molecule has 0 fully saturated rings. The van der Waals surface area contributed by atoms with Crippen molar-refractivity contribution in [2.75, 3.05) is 14.2 Å². The SMILES string of the molecule is CON(C)C(=O)c1cccc(-c2cccc(=O)[nH]2)c1. The van der Waals surface area contributed by atoms with Gasteiger partial charge in [-0.15, -0.1) is 0 Å². The Balaban J connectivity index is 2.40. The number of benzene rings is 1. The van der Waals surface area contributed by atoms with Crippen LogP contribution in [0, 0.1) is 0 Å². The molecular formula is C14H14N2O3. The first-order chi connectivity index (χ1) is 9.11. The number of aromatic amines is 1. The monoisotopic (exact) mass is 258 g/mol. The molecule has 0 saturated carbocycles. The number of pyridine rings is 1. The van der Waals surface area contributed by atoms with Gasteiger partial charge in [0, 0.05) is 24.4 Å². The number of H-pyrrole nitrogens is 1. The average molecular weight is 258 g/mol. The third-order valence-electron chi connectivity index (χ3n) is 2.75. The summed E-state index contributed by atoms with van der Waals surface area (Å²) in [5.74, 6) is -0.248. The van der Waals surface area contributed by atoms with Crippen molar-refractivity contribution in [3.05, 3.63) is 58.4 Å². The molecule has 0 unspecified atom stereocenters. The molecule has 98 valence electrons. The van der Waals surface area contributed by atoms with Crippen molar-refractivity contribution >= 4 is 5.91 Å². The number of rotatable bonds is 3. The number of hydrogen-bond acceptors (Lipinski definition) is 3. The van der Waals surface area contributed by atoms with Crippen LogP contribution in [0.15, 0.2) is 47.3 Å². The van der Waals surface area contributed by atoms with E-state index in [-0.39, 0.29) is 11.5 Å². The van der Waals surface area contributed by atoms with Crippen molar-refractivity contribution < 1.29 is 9.63 Å². The maximum Gasteiger partial charge on any atom is 0.277 e. The van der Waals surface area contributed by atoms with Crippen LogP contribution < -0.4 is 5.56 Å². The van der Waals surface area contributed by atoms with Gasteiger partial charge in [0.1, 0.15) is 0 Å². The van der Waals surface area contributed by atoms with E-state index in [1.54, 1.807) is 37.4 Å². The van der Waals surface area contributed by atoms with Gasteiger partial charge in [0.15, 0.2) is 0 Å². The van der Waals surface area contributed by atoms with Crippen LogP contribution in [-0.2, 0) is 4.84 Å². The maximum atomic E-state index is 12.0. The molecule has 0 aliphatic rings. The molecule has 5 nitrogen and oxygen atoms in total. The van der Waals surface area contributed by atoms with Crippen LogP contribution in [0.25, 0.3) is 11.3 Å². The second-order valence-electron chi connectivity index (χ2n) is 3.99. The van der Waals surface area contributed by atoms with Crippen LogP contribution >= 0.6 is 0 Å². The molecular weight excluding hydrogens is 244 g/mol. The number of carbonyl (C=O) groups excluding carboxylic acids is 1. The Labute approximate surface area is 110 Å². The van der Waals surface area contributed by atoms with Gasteiger partial charge in [-0.2, -0.15) is 0 Å². The number of amides is 1. The minimum Gasteiger partial charge on any atom is -0.322 e. The van der Waals surface area contributed by atoms with Gasteiger partial charge in [-0.05, 0) is 23.8 Å². The van der Waals surface area contributed by atoms with Gasteiger partial charge in [0.25, 0.3) is 5.91 Å². The van der Waals surface area contributed by atoms with E-state index in [4.69, 9.17) is 4.84 Å². The van der Waals surface area contributed by atoms with Crippen molar-refractivity contribution in [1.29, 1.82) is 0 Å². The van der Waals surface area contributed by atoms with Crippen molar-refractivity contribution in [2.24, 2.45) is 0 Å². The molecule has 1 N–H and O–H groups in total. The minimum absolute atomic E-state index is 0.178. The summed E-state index contributed by atoms with van der Waals surface area (Å²) < 4.78 is 0. The number of hydrogen-bond donors (Lipinski definition) is 1. The van der Waals surface area contributed by atoms with Crippen molar-refractivity contribution in [1.82, 2.24) is 10.0 Å². The molecule has 0 bridgehead atoms. The Kier molecular flexibility index (Phi) is 3.77. The van der Waals surface area contributed by atoms with E-state index >= 15 is 0 Å². The number of carbonyl (C=O) groups is 1. The standard InChI is InChI=1S/C14H14N2O3/c1-16(19-2)14(18)11-6-3-5-10(9-11)12-7-4-8-13(17)15-12/h3-9H,1-2H3,(H,15,17). The molecule has 0 aliphatic heterocycles. The first-order valence-electron chi connectivity index (χ1n) is 5.74. The third kappa shape index (κ3) is 2.89. The highest BCUT2D eigenvalue weighted by molar-refractivity contribution is 5.94. The molecule has 0 radical (unpaired) electrons. The van der Waals surface area contributed by atoms with Gasteiger partial charge in [-0.25, -0.2) is 5.06 Å². The number of nitrogens with one attached hydrogen (secondary N) is 1. The first kappa shape index (κ1) is 13.0. The van der Waals surface area contributed by atoms with Crippen molar-refractivity contribution in [3.8, 4) is 11.3 Å². The quantitative estimate of drug-likeness (QED) is 0.852. The molecule has 5 heteroatoms. The molecule has 0 saturated heterocycles. The zero-order valence-electron chi connectivity index (χ0n) is 10.7. The molecule has 2 aromatic rings. The zero-order chi connectivity index (χ0) is 13.8. The smallest absolute Gasteiger partial charge is 0.277 e. The summed E-state index contributed by atoms with van der Waals surface area (Å²) in [5.41, 5.74) is 1.75. The first-order valence-corrected chi connectivity index (χ1v) is 5.74. The molecule has 1 aromatic carbocycles. The second-order valence-corrected chi connectivity index (χ2v) is 3.99. The lowest BCUT2D eigenvalue weighted by Crippen LogP contribution is -2.25. The van der Waals surface area contributed by atoms with Crippen molar-refractivity contribution in [2.45, 2.75) is 0 Å². The van der Waals surface area contributed by atoms with Gasteiger partial charge in [-0.1, -0.05) is 18.2 Å². The predicted octanol–water partition coefficient (Wildman–Crippen LogP) is 1.68. The lowest BCUT2D eigenvalue weighted by Gasteiger charge is -2.14. The number of aromatic nitrogens is 1. The maximum absolute atomic E-state index is 12.0. The fourth-order valence-corrected chi connectivity index (χ4v) is 1.70. The molecule has 0 atom stereocenters. The number of nitrogens with zero attached hydrogens (tertiary/aromatic N) is 1. The van der Waals surface area contributed by atoms with Crippen molar-refractivity contribution in [3.63, 3.8) is 0 Å². The van der Waals surface area contributed by atoms with Gasteiger partial charge in [0.2, 0.25) is 5.56 Å². The molecule has 1 aromatic heterocycles. The summed E-state index contributed by atoms with van der Waals surface area (Å²) in [7, 11) is 2.97. The van der Waals surface area contributed by atoms with E-state index in [0.717, 1.165) is 10.6 Å². The topological polar surface area (TPSA) is 62.4 Å². The highest BCUT2D eigenvalue weighted by atomic mass is 16.7. The van der Waals surface area contributed by atoms with E-state index in [1.807, 2.05) is 6.07 Å². The van der Waals surface area contributed by atoms with Crippen LogP contribution in [-0.4, -0.2) is 30.1 Å². The normalized spacial score (nSPS) is 10.2. The van der Waals surface area contributed by atoms with Gasteiger partial charge < -0.3 is 4.98 Å². The molecule has 19 heavy (non-hydrogen) atoms. The van der Waals surface area contributed by atoms with Crippen LogP contribution in [0.5, 0.6) is 0 Å². The van der Waals surface area contributed by atoms with Gasteiger partial charge in [-0.3, -0.25) is 14.4 Å². The van der Waals surface area contributed by atoms with E-state index in [9.17, 15) is 9.59 Å².